The van der Waals surface area contributed by atoms with Gasteiger partial charge in [-0.1, -0.05) is 13.0 Å². The van der Waals surface area contributed by atoms with Crippen molar-refractivity contribution in [2.24, 2.45) is 0 Å². The molecule has 1 aromatic carbocycles. The largest absolute Gasteiger partial charge is 0.416 e. The highest BCUT2D eigenvalue weighted by Gasteiger charge is 2.30. The number of benzene rings is 1. The van der Waals surface area contributed by atoms with Crippen molar-refractivity contribution in [1.82, 2.24) is 0 Å². The summed E-state index contributed by atoms with van der Waals surface area (Å²) in [7, 11) is 0. The molecule has 2 nitrogen and oxygen atoms in total. The van der Waals surface area contributed by atoms with E-state index in [1.165, 1.54) is 6.07 Å². The quantitative estimate of drug-likeness (QED) is 0.871. The van der Waals surface area contributed by atoms with Crippen LogP contribution in [0.25, 0.3) is 0 Å². The van der Waals surface area contributed by atoms with Gasteiger partial charge in [-0.2, -0.15) is 18.4 Å². The molecule has 0 saturated heterocycles. The number of anilines is 1. The third-order valence-corrected chi connectivity index (χ3v) is 2.39. The average Bonchev–Trinajstić information content (AvgIpc) is 2.28. The zero-order chi connectivity index (χ0) is 12.9. The van der Waals surface area contributed by atoms with Gasteiger partial charge in [-0.25, -0.2) is 0 Å². The van der Waals surface area contributed by atoms with E-state index in [9.17, 15) is 13.2 Å². The first-order valence-corrected chi connectivity index (χ1v) is 5.28. The Balaban J connectivity index is 2.82. The Morgan fingerprint density at radius 3 is 2.65 bits per heavy atom. The lowest BCUT2D eigenvalue weighted by Gasteiger charge is -2.16. The zero-order valence-corrected chi connectivity index (χ0v) is 9.38. The number of halogens is 3. The van der Waals surface area contributed by atoms with Crippen LogP contribution in [0.5, 0.6) is 0 Å². The fraction of sp³-hybridized carbons (Fsp3) is 0.417. The van der Waals surface area contributed by atoms with E-state index in [0.717, 1.165) is 12.1 Å². The molecule has 5 heteroatoms. The van der Waals surface area contributed by atoms with Crippen molar-refractivity contribution < 1.29 is 13.2 Å². The Bertz CT molecular complexity index is 407. The fourth-order valence-electron chi connectivity index (χ4n) is 1.43. The molecular weight excluding hydrogens is 229 g/mol. The molecule has 1 atom stereocenters. The van der Waals surface area contributed by atoms with Gasteiger partial charge in [0.25, 0.3) is 0 Å². The molecule has 17 heavy (non-hydrogen) atoms. The Labute approximate surface area is 98.1 Å². The summed E-state index contributed by atoms with van der Waals surface area (Å²) in [6, 6.07) is 6.87. The molecular formula is C12H13F3N2. The average molecular weight is 242 g/mol. The second-order valence-corrected chi connectivity index (χ2v) is 3.69. The summed E-state index contributed by atoms with van der Waals surface area (Å²) in [4.78, 5) is 0. The summed E-state index contributed by atoms with van der Waals surface area (Å²) in [6.07, 6.45) is -3.38. The number of nitrogens with one attached hydrogen (secondary N) is 1. The van der Waals surface area contributed by atoms with Crippen LogP contribution in [0, 0.1) is 11.3 Å². The maximum Gasteiger partial charge on any atom is 0.416 e. The van der Waals surface area contributed by atoms with Gasteiger partial charge in [-0.15, -0.1) is 0 Å². The SMILES string of the molecule is CCC(CC#N)Nc1cccc(C(F)(F)F)c1. The van der Waals surface area contributed by atoms with Crippen molar-refractivity contribution in [3.05, 3.63) is 29.8 Å². The van der Waals surface area contributed by atoms with Crippen LogP contribution in [0.15, 0.2) is 24.3 Å². The van der Waals surface area contributed by atoms with Gasteiger partial charge in [-0.3, -0.25) is 0 Å². The van der Waals surface area contributed by atoms with E-state index in [1.54, 1.807) is 6.07 Å². The molecule has 1 unspecified atom stereocenters. The summed E-state index contributed by atoms with van der Waals surface area (Å²) >= 11 is 0. The lowest BCUT2D eigenvalue weighted by molar-refractivity contribution is -0.137. The van der Waals surface area contributed by atoms with Crippen molar-refractivity contribution >= 4 is 5.69 Å². The number of alkyl halides is 3. The van der Waals surface area contributed by atoms with Crippen molar-refractivity contribution in [3.63, 3.8) is 0 Å². The van der Waals surface area contributed by atoms with Gasteiger partial charge < -0.3 is 5.32 Å². The van der Waals surface area contributed by atoms with Crippen LogP contribution in [0.4, 0.5) is 18.9 Å². The minimum absolute atomic E-state index is 0.122. The molecule has 0 aromatic heterocycles. The smallest absolute Gasteiger partial charge is 0.381 e. The first kappa shape index (κ1) is 13.4. The zero-order valence-electron chi connectivity index (χ0n) is 9.38. The normalized spacial score (nSPS) is 12.9. The minimum Gasteiger partial charge on any atom is -0.381 e. The predicted octanol–water partition coefficient (Wildman–Crippen LogP) is 3.81. The Kier molecular flexibility index (Phi) is 4.38. The Hall–Kier alpha value is -1.70. The van der Waals surface area contributed by atoms with Crippen LogP contribution < -0.4 is 5.32 Å². The van der Waals surface area contributed by atoms with Gasteiger partial charge in [0, 0.05) is 11.7 Å². The standard InChI is InChI=1S/C12H13F3N2/c1-2-10(6-7-16)17-11-5-3-4-9(8-11)12(13,14)15/h3-5,8,10,17H,2,6H2,1H3. The summed E-state index contributed by atoms with van der Waals surface area (Å²) in [6.45, 7) is 1.88. The van der Waals surface area contributed by atoms with Gasteiger partial charge in [0.15, 0.2) is 0 Å². The highest BCUT2D eigenvalue weighted by atomic mass is 19.4. The van der Waals surface area contributed by atoms with E-state index >= 15 is 0 Å². The van der Waals surface area contributed by atoms with Crippen LogP contribution in [-0.4, -0.2) is 6.04 Å². The van der Waals surface area contributed by atoms with Gasteiger partial charge in [0.2, 0.25) is 0 Å². The maximum atomic E-state index is 12.5. The molecule has 0 aliphatic carbocycles. The van der Waals surface area contributed by atoms with Crippen molar-refractivity contribution in [3.8, 4) is 6.07 Å². The van der Waals surface area contributed by atoms with Gasteiger partial charge in [0.05, 0.1) is 18.1 Å². The van der Waals surface area contributed by atoms with Crippen molar-refractivity contribution in [2.75, 3.05) is 5.32 Å². The minimum atomic E-state index is -4.34. The van der Waals surface area contributed by atoms with E-state index in [1.807, 2.05) is 13.0 Å². The molecule has 1 aromatic rings. The molecule has 0 aliphatic heterocycles. The molecule has 0 amide bonds. The van der Waals surface area contributed by atoms with E-state index in [2.05, 4.69) is 5.32 Å². The van der Waals surface area contributed by atoms with Gasteiger partial charge in [0.1, 0.15) is 0 Å². The topological polar surface area (TPSA) is 35.8 Å². The molecule has 0 radical (unpaired) electrons. The first-order valence-electron chi connectivity index (χ1n) is 5.28. The molecule has 0 heterocycles. The highest BCUT2D eigenvalue weighted by molar-refractivity contribution is 5.47. The van der Waals surface area contributed by atoms with Crippen molar-refractivity contribution in [2.45, 2.75) is 32.0 Å². The predicted molar refractivity (Wildman–Crippen MR) is 59.4 cm³/mol. The fourth-order valence-corrected chi connectivity index (χ4v) is 1.43. The lowest BCUT2D eigenvalue weighted by Crippen LogP contribution is -2.18. The maximum absolute atomic E-state index is 12.5. The van der Waals surface area contributed by atoms with Crippen LogP contribution in [0.2, 0.25) is 0 Å². The second-order valence-electron chi connectivity index (χ2n) is 3.69. The van der Waals surface area contributed by atoms with Gasteiger partial charge in [-0.05, 0) is 24.6 Å². The van der Waals surface area contributed by atoms with Crippen LogP contribution in [0.1, 0.15) is 25.3 Å². The van der Waals surface area contributed by atoms with Crippen LogP contribution in [0.3, 0.4) is 0 Å². The van der Waals surface area contributed by atoms with E-state index in [0.29, 0.717) is 12.1 Å². The van der Waals surface area contributed by atoms with Crippen LogP contribution in [-0.2, 0) is 6.18 Å². The lowest BCUT2D eigenvalue weighted by atomic mass is 10.1. The Morgan fingerprint density at radius 1 is 1.41 bits per heavy atom. The number of hydrogen-bond donors (Lipinski definition) is 1. The molecule has 0 saturated carbocycles. The monoisotopic (exact) mass is 242 g/mol. The number of nitrogens with zero attached hydrogens (tertiary/aromatic N) is 1. The molecule has 92 valence electrons. The summed E-state index contributed by atoms with van der Waals surface area (Å²) < 4.78 is 37.4. The van der Waals surface area contributed by atoms with Crippen molar-refractivity contribution in [1.29, 1.82) is 5.26 Å². The van der Waals surface area contributed by atoms with E-state index < -0.39 is 11.7 Å². The van der Waals surface area contributed by atoms with E-state index in [4.69, 9.17) is 5.26 Å². The summed E-state index contributed by atoms with van der Waals surface area (Å²) in [5.74, 6) is 0. The number of hydrogen-bond acceptors (Lipinski definition) is 2. The Morgan fingerprint density at radius 2 is 2.12 bits per heavy atom. The molecule has 0 bridgehead atoms. The van der Waals surface area contributed by atoms with E-state index in [-0.39, 0.29) is 12.5 Å². The summed E-state index contributed by atoms with van der Waals surface area (Å²) in [5, 5.41) is 11.5. The second kappa shape index (κ2) is 5.58. The molecule has 0 aliphatic rings. The highest BCUT2D eigenvalue weighted by Crippen LogP contribution is 2.30. The number of nitriles is 1. The third kappa shape index (κ3) is 3.99. The molecule has 0 fully saturated rings. The first-order chi connectivity index (χ1) is 7.97. The van der Waals surface area contributed by atoms with Crippen LogP contribution >= 0.6 is 0 Å². The third-order valence-electron chi connectivity index (χ3n) is 2.39. The molecule has 1 N–H and O–H groups in total. The number of rotatable bonds is 4. The summed E-state index contributed by atoms with van der Waals surface area (Å²) in [5.41, 5.74) is -0.295. The molecule has 0 spiro atoms. The molecule has 1 rings (SSSR count). The van der Waals surface area contributed by atoms with Gasteiger partial charge >= 0.3 is 6.18 Å².